The van der Waals surface area contributed by atoms with Crippen LogP contribution in [0.2, 0.25) is 0 Å². The van der Waals surface area contributed by atoms with Crippen LogP contribution in [0.4, 0.5) is 0 Å². The minimum Gasteiger partial charge on any atom is -0.293 e. The molecular weight excluding hydrogens is 292 g/mol. The molecule has 3 aromatic carbocycles. The van der Waals surface area contributed by atoms with Crippen molar-refractivity contribution in [2.75, 3.05) is 0 Å². The number of benzene rings is 3. The van der Waals surface area contributed by atoms with Gasteiger partial charge in [0, 0.05) is 5.56 Å². The highest BCUT2D eigenvalue weighted by Gasteiger charge is 2.23. The van der Waals surface area contributed by atoms with Crippen molar-refractivity contribution in [1.82, 2.24) is 0 Å². The van der Waals surface area contributed by atoms with Crippen LogP contribution in [0.25, 0.3) is 0 Å². The summed E-state index contributed by atoms with van der Waals surface area (Å²) >= 11 is 0. The molecule has 0 N–H and O–H groups in total. The highest BCUT2D eigenvalue weighted by atomic mass is 16.1. The molecule has 0 amide bonds. The third-order valence-corrected chi connectivity index (χ3v) is 4.61. The molecule has 0 fully saturated rings. The van der Waals surface area contributed by atoms with E-state index in [1.165, 1.54) is 11.1 Å². The van der Waals surface area contributed by atoms with Crippen LogP contribution in [-0.2, 0) is 6.42 Å². The quantitative estimate of drug-likeness (QED) is 0.567. The van der Waals surface area contributed by atoms with E-state index in [0.717, 1.165) is 23.1 Å². The molecule has 0 aliphatic carbocycles. The van der Waals surface area contributed by atoms with Crippen LogP contribution in [0.3, 0.4) is 0 Å². The van der Waals surface area contributed by atoms with Crippen molar-refractivity contribution in [3.63, 3.8) is 0 Å². The van der Waals surface area contributed by atoms with E-state index in [1.54, 1.807) is 0 Å². The first kappa shape index (κ1) is 16.2. The Hall–Kier alpha value is -2.67. The SMILES string of the molecule is Cc1ccccc1CC(C(=O)c1ccccc1C)c1ccccc1. The molecule has 24 heavy (non-hydrogen) atoms. The molecule has 0 spiro atoms. The van der Waals surface area contributed by atoms with Crippen molar-refractivity contribution in [2.24, 2.45) is 0 Å². The van der Waals surface area contributed by atoms with Gasteiger partial charge in [-0.1, -0.05) is 78.9 Å². The number of Topliss-reactive ketones (excluding diaryl/α,β-unsaturated/α-hetero) is 1. The Balaban J connectivity index is 2.01. The van der Waals surface area contributed by atoms with Gasteiger partial charge < -0.3 is 0 Å². The molecule has 0 saturated heterocycles. The molecule has 0 bridgehead atoms. The number of aryl methyl sites for hydroxylation is 2. The van der Waals surface area contributed by atoms with Gasteiger partial charge in [-0.15, -0.1) is 0 Å². The second kappa shape index (κ2) is 7.27. The first-order valence-corrected chi connectivity index (χ1v) is 8.36. The van der Waals surface area contributed by atoms with Gasteiger partial charge in [0.2, 0.25) is 0 Å². The third kappa shape index (κ3) is 3.46. The van der Waals surface area contributed by atoms with E-state index in [0.29, 0.717) is 0 Å². The van der Waals surface area contributed by atoms with E-state index < -0.39 is 0 Å². The lowest BCUT2D eigenvalue weighted by atomic mass is 9.83. The second-order valence-corrected chi connectivity index (χ2v) is 6.27. The van der Waals surface area contributed by atoms with Gasteiger partial charge in [0.05, 0.1) is 5.92 Å². The Labute approximate surface area is 144 Å². The zero-order valence-electron chi connectivity index (χ0n) is 14.2. The van der Waals surface area contributed by atoms with Crippen molar-refractivity contribution in [3.8, 4) is 0 Å². The average molecular weight is 314 g/mol. The maximum absolute atomic E-state index is 13.3. The van der Waals surface area contributed by atoms with E-state index in [4.69, 9.17) is 0 Å². The van der Waals surface area contributed by atoms with E-state index in [2.05, 4.69) is 31.2 Å². The minimum absolute atomic E-state index is 0.159. The maximum atomic E-state index is 13.3. The predicted molar refractivity (Wildman–Crippen MR) is 99.6 cm³/mol. The summed E-state index contributed by atoms with van der Waals surface area (Å²) in [6.45, 7) is 4.11. The number of ketones is 1. The first-order valence-electron chi connectivity index (χ1n) is 8.36. The van der Waals surface area contributed by atoms with Crippen molar-refractivity contribution < 1.29 is 4.79 Å². The van der Waals surface area contributed by atoms with E-state index in [-0.39, 0.29) is 11.7 Å². The van der Waals surface area contributed by atoms with E-state index in [1.807, 2.05) is 61.5 Å². The minimum atomic E-state index is -0.159. The van der Waals surface area contributed by atoms with Crippen molar-refractivity contribution in [3.05, 3.63) is 107 Å². The summed E-state index contributed by atoms with van der Waals surface area (Å²) < 4.78 is 0. The molecule has 1 unspecified atom stereocenters. The molecule has 120 valence electrons. The summed E-state index contributed by atoms with van der Waals surface area (Å²) in [4.78, 5) is 13.3. The monoisotopic (exact) mass is 314 g/mol. The number of hydrogen-bond acceptors (Lipinski definition) is 1. The number of hydrogen-bond donors (Lipinski definition) is 0. The van der Waals surface area contributed by atoms with Gasteiger partial charge in [0.15, 0.2) is 5.78 Å². The van der Waals surface area contributed by atoms with Crippen molar-refractivity contribution in [2.45, 2.75) is 26.2 Å². The van der Waals surface area contributed by atoms with Crippen LogP contribution in [0.1, 0.15) is 38.5 Å². The molecule has 0 heterocycles. The summed E-state index contributed by atoms with van der Waals surface area (Å²) in [7, 11) is 0. The van der Waals surface area contributed by atoms with Crippen LogP contribution in [-0.4, -0.2) is 5.78 Å². The molecule has 0 aliphatic rings. The Morgan fingerprint density at radius 2 is 1.33 bits per heavy atom. The van der Waals surface area contributed by atoms with Crippen LogP contribution in [0.15, 0.2) is 78.9 Å². The Bertz CT molecular complexity index is 833. The molecule has 1 atom stereocenters. The van der Waals surface area contributed by atoms with Crippen molar-refractivity contribution in [1.29, 1.82) is 0 Å². The molecule has 1 heteroatoms. The fourth-order valence-corrected chi connectivity index (χ4v) is 3.14. The highest BCUT2D eigenvalue weighted by molar-refractivity contribution is 6.02. The smallest absolute Gasteiger partial charge is 0.170 e. The van der Waals surface area contributed by atoms with Gasteiger partial charge in [-0.05, 0) is 42.5 Å². The fraction of sp³-hybridized carbons (Fsp3) is 0.174. The molecule has 3 aromatic rings. The van der Waals surface area contributed by atoms with Gasteiger partial charge in [-0.2, -0.15) is 0 Å². The lowest BCUT2D eigenvalue weighted by Crippen LogP contribution is -2.17. The maximum Gasteiger partial charge on any atom is 0.170 e. The lowest BCUT2D eigenvalue weighted by molar-refractivity contribution is 0.0958. The number of carbonyl (C=O) groups excluding carboxylic acids is 1. The van der Waals surface area contributed by atoms with Gasteiger partial charge >= 0.3 is 0 Å². The summed E-state index contributed by atoms with van der Waals surface area (Å²) in [5.41, 5.74) is 5.39. The van der Waals surface area contributed by atoms with E-state index in [9.17, 15) is 4.79 Å². The highest BCUT2D eigenvalue weighted by Crippen LogP contribution is 2.27. The molecule has 0 aromatic heterocycles. The molecule has 1 nitrogen and oxygen atoms in total. The number of carbonyl (C=O) groups is 1. The standard InChI is InChI=1S/C23H22O/c1-17-10-6-8-14-20(17)16-22(19-12-4-3-5-13-19)23(24)21-15-9-7-11-18(21)2/h3-15,22H,16H2,1-2H3. The summed E-state index contributed by atoms with van der Waals surface area (Å²) in [6, 6.07) is 26.3. The van der Waals surface area contributed by atoms with Crippen LogP contribution in [0.5, 0.6) is 0 Å². The van der Waals surface area contributed by atoms with Gasteiger partial charge in [-0.25, -0.2) is 0 Å². The summed E-state index contributed by atoms with van der Waals surface area (Å²) in [6.07, 6.45) is 0.726. The predicted octanol–water partition coefficient (Wildman–Crippen LogP) is 5.51. The Morgan fingerprint density at radius 1 is 0.750 bits per heavy atom. The topological polar surface area (TPSA) is 17.1 Å². The Morgan fingerprint density at radius 3 is 2.00 bits per heavy atom. The third-order valence-electron chi connectivity index (χ3n) is 4.61. The lowest BCUT2D eigenvalue weighted by Gasteiger charge is -2.19. The molecular formula is C23H22O. The normalized spacial score (nSPS) is 11.9. The molecule has 0 saturated carbocycles. The van der Waals surface area contributed by atoms with Crippen LogP contribution < -0.4 is 0 Å². The summed E-state index contributed by atoms with van der Waals surface area (Å²) in [5, 5.41) is 0. The Kier molecular flexibility index (Phi) is 4.90. The largest absolute Gasteiger partial charge is 0.293 e. The molecule has 3 rings (SSSR count). The van der Waals surface area contributed by atoms with Crippen LogP contribution >= 0.6 is 0 Å². The molecule has 0 aliphatic heterocycles. The molecule has 0 radical (unpaired) electrons. The zero-order chi connectivity index (χ0) is 16.9. The summed E-state index contributed by atoms with van der Waals surface area (Å²) in [5.74, 6) is 0.0379. The second-order valence-electron chi connectivity index (χ2n) is 6.27. The van der Waals surface area contributed by atoms with Gasteiger partial charge in [0.1, 0.15) is 0 Å². The van der Waals surface area contributed by atoms with Crippen molar-refractivity contribution >= 4 is 5.78 Å². The fourth-order valence-electron chi connectivity index (χ4n) is 3.14. The van der Waals surface area contributed by atoms with Gasteiger partial charge in [-0.3, -0.25) is 4.79 Å². The average Bonchev–Trinajstić information content (AvgIpc) is 2.62. The number of rotatable bonds is 5. The van der Waals surface area contributed by atoms with E-state index >= 15 is 0 Å². The first-order chi connectivity index (χ1) is 11.7. The van der Waals surface area contributed by atoms with Crippen LogP contribution in [0, 0.1) is 13.8 Å². The zero-order valence-corrected chi connectivity index (χ0v) is 14.2. The van der Waals surface area contributed by atoms with Gasteiger partial charge in [0.25, 0.3) is 0 Å².